The Kier molecular flexibility index (Phi) is 10.9. The summed E-state index contributed by atoms with van der Waals surface area (Å²) in [5, 5.41) is 33.2. The second kappa shape index (κ2) is 15.0. The van der Waals surface area contributed by atoms with E-state index in [2.05, 4.69) is 25.9 Å². The van der Waals surface area contributed by atoms with Crippen molar-refractivity contribution in [2.75, 3.05) is 44.2 Å². The van der Waals surface area contributed by atoms with Crippen molar-refractivity contribution in [2.45, 2.75) is 43.9 Å². The number of hydrogen-bond acceptors (Lipinski definition) is 15. The molecule has 274 valence electrons. The zero-order valence-electron chi connectivity index (χ0n) is 27.6. The van der Waals surface area contributed by atoms with Crippen LogP contribution in [0.4, 0.5) is 9.52 Å². The van der Waals surface area contributed by atoms with Gasteiger partial charge in [-0.1, -0.05) is 5.16 Å². The molecule has 0 saturated carbocycles. The summed E-state index contributed by atoms with van der Waals surface area (Å²) in [5.41, 5.74) is 12.6. The standard InChI is InChI=1S/C30H37FN10O8S2/c1-30(2,48-14-42)49-39-20(17-13-51-29(33)36-17)26(46)37-21-27(47)40-22(24(32)38-34)15(12-50-28(21)40)11-41(8-3-4-9-41)10-7-35-25(45)16-5-6-18(43)23(44)19(16)31/h5-6,13-14,21,28H,3-4,7-12H2,1-2H3,(H9-,32,33,34,35,36,37,38,39,43,44,45,46)/p+1/t21-,28-/m1/s1. The summed E-state index contributed by atoms with van der Waals surface area (Å²) in [7, 11) is 0. The van der Waals surface area contributed by atoms with E-state index in [1.165, 1.54) is 35.9 Å². The van der Waals surface area contributed by atoms with E-state index in [-0.39, 0.29) is 35.4 Å². The average molecular weight is 750 g/mol. The number of quaternary nitrogens is 1. The van der Waals surface area contributed by atoms with Crippen LogP contribution in [-0.2, 0) is 24.0 Å². The SMILES string of the molecule is CC(C)(OC=O)O/N=C(\C(=O)N[C@@H]1C(=O)N2C(C(N)=NN)=C(C[N+]3(CCNC(=O)c4ccc(O)c(O)c4F)CCCC3)CS[C@H]12)c1csc(N)n1. The highest BCUT2D eigenvalue weighted by atomic mass is 32.2. The summed E-state index contributed by atoms with van der Waals surface area (Å²) in [5.74, 6) is -0.439. The lowest BCUT2D eigenvalue weighted by Gasteiger charge is -2.51. The fourth-order valence-corrected chi connectivity index (χ4v) is 8.01. The number of phenols is 2. The van der Waals surface area contributed by atoms with Crippen LogP contribution < -0.4 is 27.9 Å². The van der Waals surface area contributed by atoms with E-state index in [4.69, 9.17) is 26.9 Å². The van der Waals surface area contributed by atoms with Gasteiger partial charge in [0.2, 0.25) is 0 Å². The van der Waals surface area contributed by atoms with Crippen LogP contribution in [-0.4, -0.2) is 116 Å². The van der Waals surface area contributed by atoms with Crippen molar-refractivity contribution < 1.29 is 47.8 Å². The van der Waals surface area contributed by atoms with Gasteiger partial charge in [-0.2, -0.15) is 5.10 Å². The number of carbonyl (C=O) groups excluding carboxylic acids is 4. The van der Waals surface area contributed by atoms with E-state index in [1.54, 1.807) is 0 Å². The molecule has 2 atom stereocenters. The Morgan fingerprint density at radius 1 is 1.27 bits per heavy atom. The highest BCUT2D eigenvalue weighted by molar-refractivity contribution is 8.00. The van der Waals surface area contributed by atoms with E-state index in [0.717, 1.165) is 55.0 Å². The van der Waals surface area contributed by atoms with E-state index in [9.17, 15) is 33.8 Å². The number of likely N-dealkylation sites (tertiary alicyclic amines) is 1. The predicted molar refractivity (Wildman–Crippen MR) is 184 cm³/mol. The number of ether oxygens (including phenoxy) is 1. The minimum absolute atomic E-state index is 0.0623. The molecule has 5 rings (SSSR count). The monoisotopic (exact) mass is 749 g/mol. The number of halogens is 1. The number of hydrogen-bond donors (Lipinski definition) is 7. The predicted octanol–water partition coefficient (Wildman–Crippen LogP) is -0.169. The zero-order valence-corrected chi connectivity index (χ0v) is 29.3. The molecule has 0 radical (unpaired) electrons. The van der Waals surface area contributed by atoms with E-state index < -0.39 is 57.8 Å². The summed E-state index contributed by atoms with van der Waals surface area (Å²) in [6.07, 6.45) is 1.83. The number of thiazole rings is 1. The maximum absolute atomic E-state index is 14.4. The van der Waals surface area contributed by atoms with Crippen LogP contribution in [0.5, 0.6) is 11.5 Å². The fourth-order valence-electron chi connectivity index (χ4n) is 6.12. The van der Waals surface area contributed by atoms with Crippen LogP contribution >= 0.6 is 23.1 Å². The Morgan fingerprint density at radius 3 is 2.65 bits per heavy atom. The van der Waals surface area contributed by atoms with Gasteiger partial charge in [0.25, 0.3) is 30.0 Å². The molecule has 2 aromatic rings. The van der Waals surface area contributed by atoms with E-state index in [0.29, 0.717) is 29.0 Å². The van der Waals surface area contributed by atoms with Crippen molar-refractivity contribution in [3.8, 4) is 11.5 Å². The molecule has 0 spiro atoms. The quantitative estimate of drug-likeness (QED) is 0.0152. The first-order valence-corrected chi connectivity index (χ1v) is 17.6. The molecule has 2 fully saturated rings. The lowest BCUT2D eigenvalue weighted by Crippen LogP contribution is -2.71. The fraction of sp³-hybridized carbons (Fsp3) is 0.433. The van der Waals surface area contributed by atoms with Gasteiger partial charge in [-0.05, 0) is 12.1 Å². The van der Waals surface area contributed by atoms with Gasteiger partial charge in [-0.15, -0.1) is 23.1 Å². The summed E-state index contributed by atoms with van der Waals surface area (Å²) in [6.45, 7) is 5.62. The minimum Gasteiger partial charge on any atom is -0.504 e. The molecule has 4 heterocycles. The first-order chi connectivity index (χ1) is 24.2. The number of benzene rings is 1. The Balaban J connectivity index is 1.31. The third-order valence-electron chi connectivity index (χ3n) is 8.64. The number of nitrogens with one attached hydrogen (secondary N) is 2. The second-order valence-corrected chi connectivity index (χ2v) is 14.5. The molecular formula is C30H38FN10O8S2+. The number of nitrogens with zero attached hydrogens (tertiary/aromatic N) is 5. The molecule has 0 bridgehead atoms. The van der Waals surface area contributed by atoms with Gasteiger partial charge in [0.15, 0.2) is 34.0 Å². The molecular weight excluding hydrogens is 712 g/mol. The van der Waals surface area contributed by atoms with Gasteiger partial charge in [0, 0.05) is 43.4 Å². The zero-order chi connectivity index (χ0) is 37.1. The number of phenolic OH excluding ortho intramolecular Hbond substituents is 2. The van der Waals surface area contributed by atoms with Crippen LogP contribution in [0.2, 0.25) is 0 Å². The Morgan fingerprint density at radius 2 is 2.00 bits per heavy atom. The topological polar surface area (TPSA) is 270 Å². The van der Waals surface area contributed by atoms with Gasteiger partial charge < -0.3 is 52.2 Å². The number of nitrogens with two attached hydrogens (primary N) is 3. The van der Waals surface area contributed by atoms with Crippen molar-refractivity contribution in [3.63, 3.8) is 0 Å². The second-order valence-electron chi connectivity index (χ2n) is 12.5. The van der Waals surface area contributed by atoms with Crippen molar-refractivity contribution in [1.29, 1.82) is 0 Å². The molecule has 0 aliphatic carbocycles. The molecule has 3 aliphatic rings. The summed E-state index contributed by atoms with van der Waals surface area (Å²) < 4.78 is 19.8. The van der Waals surface area contributed by atoms with Crippen LogP contribution in [0.25, 0.3) is 0 Å². The number of rotatable bonds is 14. The molecule has 21 heteroatoms. The number of fused-ring (bicyclic) bond motifs is 1. The number of carbonyl (C=O) groups is 4. The highest BCUT2D eigenvalue weighted by Gasteiger charge is 2.54. The smallest absolute Gasteiger partial charge is 0.296 e. The van der Waals surface area contributed by atoms with E-state index >= 15 is 0 Å². The first-order valence-electron chi connectivity index (χ1n) is 15.6. The Labute approximate surface area is 299 Å². The van der Waals surface area contributed by atoms with Gasteiger partial charge in [-0.25, -0.2) is 9.37 Å². The first kappa shape index (κ1) is 37.1. The largest absolute Gasteiger partial charge is 0.504 e. The molecule has 2 saturated heterocycles. The van der Waals surface area contributed by atoms with Crippen molar-refractivity contribution >= 4 is 64.0 Å². The van der Waals surface area contributed by atoms with Crippen LogP contribution in [0.15, 0.2) is 39.0 Å². The van der Waals surface area contributed by atoms with Crippen molar-refractivity contribution in [2.24, 2.45) is 21.8 Å². The lowest BCUT2D eigenvalue weighted by atomic mass is 10.0. The molecule has 18 nitrogen and oxygen atoms in total. The number of hydrazone groups is 1. The van der Waals surface area contributed by atoms with Gasteiger partial charge in [-0.3, -0.25) is 24.1 Å². The Bertz CT molecular complexity index is 1810. The molecule has 3 amide bonds. The number of aromatic hydroxyl groups is 2. The highest BCUT2D eigenvalue weighted by Crippen LogP contribution is 2.41. The van der Waals surface area contributed by atoms with Crippen molar-refractivity contribution in [1.82, 2.24) is 20.5 Å². The third-order valence-corrected chi connectivity index (χ3v) is 10.6. The van der Waals surface area contributed by atoms with Crippen LogP contribution in [0, 0.1) is 5.82 Å². The number of β-lactam (4-membered cyclic amide) rings is 1. The Hall–Kier alpha value is -5.15. The molecule has 3 aliphatic heterocycles. The summed E-state index contributed by atoms with van der Waals surface area (Å²) >= 11 is 2.47. The maximum Gasteiger partial charge on any atom is 0.296 e. The van der Waals surface area contributed by atoms with Gasteiger partial charge >= 0.3 is 0 Å². The number of nitrogen functional groups attached to an aromatic ring is 1. The number of amides is 3. The van der Waals surface area contributed by atoms with Gasteiger partial charge in [0.1, 0.15) is 23.7 Å². The third kappa shape index (κ3) is 7.78. The molecule has 51 heavy (non-hydrogen) atoms. The van der Waals surface area contributed by atoms with Crippen molar-refractivity contribution in [3.05, 3.63) is 45.9 Å². The van der Waals surface area contributed by atoms with Crippen LogP contribution in [0.3, 0.4) is 0 Å². The summed E-state index contributed by atoms with van der Waals surface area (Å²) in [4.78, 5) is 61.6. The summed E-state index contributed by atoms with van der Waals surface area (Å²) in [6, 6.07) is 1.13. The molecule has 1 aromatic heterocycles. The molecule has 10 N–H and O–H groups in total. The number of thioether (sulfide) groups is 1. The number of oxime groups is 1. The average Bonchev–Trinajstić information content (AvgIpc) is 3.74. The molecule has 0 unspecified atom stereocenters. The lowest BCUT2D eigenvalue weighted by molar-refractivity contribution is -0.911. The number of amidine groups is 1. The normalized spacial score (nSPS) is 20.4. The maximum atomic E-state index is 14.4. The number of anilines is 1. The number of aromatic nitrogens is 1. The van der Waals surface area contributed by atoms with Crippen LogP contribution in [0.1, 0.15) is 42.7 Å². The van der Waals surface area contributed by atoms with E-state index in [1.807, 2.05) is 0 Å². The minimum atomic E-state index is -1.51. The molecule has 1 aromatic carbocycles. The van der Waals surface area contributed by atoms with Gasteiger partial charge in [0.05, 0.1) is 37.4 Å².